The van der Waals surface area contributed by atoms with Crippen molar-refractivity contribution in [2.24, 2.45) is 21.5 Å². The van der Waals surface area contributed by atoms with E-state index >= 15 is 0 Å². The molecule has 0 spiro atoms. The zero-order valence-electron chi connectivity index (χ0n) is 16.6. The molecule has 0 saturated heterocycles. The normalized spacial score (nSPS) is 11.9. The van der Waals surface area contributed by atoms with Gasteiger partial charge >= 0.3 is 0 Å². The summed E-state index contributed by atoms with van der Waals surface area (Å²) < 4.78 is 5.88. The highest BCUT2D eigenvalue weighted by Gasteiger charge is 2.03. The predicted octanol–water partition coefficient (Wildman–Crippen LogP) is 4.34. The van der Waals surface area contributed by atoms with Crippen LogP contribution in [0.3, 0.4) is 0 Å². The molecular formula is C24H20N6O. The van der Waals surface area contributed by atoms with Crippen LogP contribution in [-0.4, -0.2) is 21.6 Å². The van der Waals surface area contributed by atoms with Gasteiger partial charge in [-0.15, -0.1) is 0 Å². The average Bonchev–Trinajstić information content (AvgIpc) is 2.82. The van der Waals surface area contributed by atoms with Gasteiger partial charge in [0.2, 0.25) is 0 Å². The minimum absolute atomic E-state index is 0.357. The Balaban J connectivity index is 1.42. The Hall–Kier alpha value is -4.52. The Morgan fingerprint density at radius 1 is 0.581 bits per heavy atom. The molecule has 2 heterocycles. The van der Waals surface area contributed by atoms with Crippen molar-refractivity contribution < 1.29 is 4.74 Å². The van der Waals surface area contributed by atoms with Gasteiger partial charge in [-0.05, 0) is 72.8 Å². The van der Waals surface area contributed by atoms with Crippen LogP contribution in [0.4, 0.5) is 11.4 Å². The van der Waals surface area contributed by atoms with Crippen molar-refractivity contribution in [3.8, 4) is 11.5 Å². The molecule has 0 unspecified atom stereocenters. The van der Waals surface area contributed by atoms with Gasteiger partial charge in [0.15, 0.2) is 0 Å². The summed E-state index contributed by atoms with van der Waals surface area (Å²) in [6, 6.07) is 25.7. The van der Waals surface area contributed by atoms with Gasteiger partial charge in [-0.25, -0.2) is 9.98 Å². The molecule has 0 bridgehead atoms. The lowest BCUT2D eigenvalue weighted by Gasteiger charge is -2.07. The molecule has 4 rings (SSSR count). The lowest BCUT2D eigenvalue weighted by atomic mass is 10.2. The Morgan fingerprint density at radius 2 is 1.00 bits per heavy atom. The second kappa shape index (κ2) is 9.32. The van der Waals surface area contributed by atoms with E-state index in [2.05, 4.69) is 20.0 Å². The largest absolute Gasteiger partial charge is 0.457 e. The van der Waals surface area contributed by atoms with E-state index in [0.29, 0.717) is 45.9 Å². The molecule has 0 amide bonds. The summed E-state index contributed by atoms with van der Waals surface area (Å²) in [5.41, 5.74) is 14.7. The number of rotatable bonds is 6. The highest BCUT2D eigenvalue weighted by atomic mass is 16.5. The Morgan fingerprint density at radius 3 is 1.35 bits per heavy atom. The quantitative estimate of drug-likeness (QED) is 0.364. The van der Waals surface area contributed by atoms with E-state index in [0.717, 1.165) is 0 Å². The minimum Gasteiger partial charge on any atom is -0.457 e. The average molecular weight is 408 g/mol. The van der Waals surface area contributed by atoms with Crippen molar-refractivity contribution >= 4 is 23.0 Å². The number of ether oxygens (including phenoxy) is 1. The van der Waals surface area contributed by atoms with Crippen LogP contribution in [0.1, 0.15) is 11.4 Å². The van der Waals surface area contributed by atoms with Crippen molar-refractivity contribution in [3.63, 3.8) is 0 Å². The Kier molecular flexibility index (Phi) is 5.95. The van der Waals surface area contributed by atoms with Crippen molar-refractivity contribution in [2.75, 3.05) is 0 Å². The van der Waals surface area contributed by atoms with Crippen LogP contribution >= 0.6 is 0 Å². The first-order valence-electron chi connectivity index (χ1n) is 9.56. The third-order valence-electron chi connectivity index (χ3n) is 4.26. The smallest absolute Gasteiger partial charge is 0.150 e. The van der Waals surface area contributed by atoms with Crippen molar-refractivity contribution in [2.45, 2.75) is 0 Å². The zero-order chi connectivity index (χ0) is 21.5. The van der Waals surface area contributed by atoms with Crippen LogP contribution in [0.15, 0.2) is 107 Å². The molecule has 0 fully saturated rings. The molecule has 4 N–H and O–H groups in total. The summed E-state index contributed by atoms with van der Waals surface area (Å²) in [6.07, 6.45) is 3.36. The lowest BCUT2D eigenvalue weighted by Crippen LogP contribution is -2.14. The number of benzene rings is 2. The summed E-state index contributed by atoms with van der Waals surface area (Å²) in [7, 11) is 0. The van der Waals surface area contributed by atoms with Gasteiger partial charge in [-0.2, -0.15) is 0 Å². The van der Waals surface area contributed by atoms with Crippen molar-refractivity contribution in [3.05, 3.63) is 109 Å². The van der Waals surface area contributed by atoms with E-state index < -0.39 is 0 Å². The Labute approximate surface area is 179 Å². The van der Waals surface area contributed by atoms with E-state index in [1.54, 1.807) is 12.4 Å². The molecule has 0 atom stereocenters. The van der Waals surface area contributed by atoms with Gasteiger partial charge in [-0.1, -0.05) is 12.1 Å². The molecule has 4 aromatic rings. The molecule has 7 heteroatoms. The SMILES string of the molecule is NC(=Nc1ccc(Oc2ccc(N=C(N)c3ccccn3)cc2)cc1)c1ccccn1. The summed E-state index contributed by atoms with van der Waals surface area (Å²) in [5.74, 6) is 2.07. The number of hydrogen-bond donors (Lipinski definition) is 2. The number of hydrogen-bond acceptors (Lipinski definition) is 5. The number of aliphatic imine (C=N–C) groups is 2. The highest BCUT2D eigenvalue weighted by Crippen LogP contribution is 2.26. The maximum atomic E-state index is 6.01. The molecule has 7 nitrogen and oxygen atoms in total. The van der Waals surface area contributed by atoms with E-state index in [4.69, 9.17) is 16.2 Å². The molecule has 0 aliphatic carbocycles. The number of amidine groups is 2. The van der Waals surface area contributed by atoms with Gasteiger partial charge < -0.3 is 16.2 Å². The predicted molar refractivity (Wildman–Crippen MR) is 122 cm³/mol. The minimum atomic E-state index is 0.357. The van der Waals surface area contributed by atoms with Crippen LogP contribution in [0.25, 0.3) is 0 Å². The first-order valence-corrected chi connectivity index (χ1v) is 9.56. The van der Waals surface area contributed by atoms with Gasteiger partial charge in [0.1, 0.15) is 34.6 Å². The van der Waals surface area contributed by atoms with E-state index in [-0.39, 0.29) is 0 Å². The highest BCUT2D eigenvalue weighted by molar-refractivity contribution is 5.97. The van der Waals surface area contributed by atoms with E-state index in [9.17, 15) is 0 Å². The van der Waals surface area contributed by atoms with Crippen LogP contribution in [0, 0.1) is 0 Å². The fourth-order valence-electron chi connectivity index (χ4n) is 2.73. The number of pyridine rings is 2. The number of nitrogens with zero attached hydrogens (tertiary/aromatic N) is 4. The zero-order valence-corrected chi connectivity index (χ0v) is 16.6. The first-order chi connectivity index (χ1) is 15.2. The molecule has 31 heavy (non-hydrogen) atoms. The van der Waals surface area contributed by atoms with Crippen molar-refractivity contribution in [1.82, 2.24) is 9.97 Å². The second-order valence-electron chi connectivity index (χ2n) is 6.51. The van der Waals surface area contributed by atoms with Gasteiger partial charge in [0.05, 0.1) is 11.4 Å². The first kappa shape index (κ1) is 19.8. The molecule has 2 aromatic heterocycles. The van der Waals surface area contributed by atoms with Gasteiger partial charge in [0, 0.05) is 12.4 Å². The van der Waals surface area contributed by atoms with E-state index in [1.165, 1.54) is 0 Å². The third kappa shape index (κ3) is 5.30. The maximum Gasteiger partial charge on any atom is 0.150 e. The van der Waals surface area contributed by atoms with Crippen LogP contribution in [-0.2, 0) is 0 Å². The fourth-order valence-corrected chi connectivity index (χ4v) is 2.73. The van der Waals surface area contributed by atoms with Crippen LogP contribution < -0.4 is 16.2 Å². The summed E-state index contributed by atoms with van der Waals surface area (Å²) in [6.45, 7) is 0. The molecule has 0 aliphatic heterocycles. The fraction of sp³-hybridized carbons (Fsp3) is 0. The number of nitrogens with two attached hydrogens (primary N) is 2. The molecule has 152 valence electrons. The van der Waals surface area contributed by atoms with E-state index in [1.807, 2.05) is 84.9 Å². The lowest BCUT2D eigenvalue weighted by molar-refractivity contribution is 0.483. The summed E-state index contributed by atoms with van der Waals surface area (Å²) >= 11 is 0. The van der Waals surface area contributed by atoms with Gasteiger partial charge in [-0.3, -0.25) is 9.97 Å². The molecular weight excluding hydrogens is 388 g/mol. The molecule has 0 radical (unpaired) electrons. The monoisotopic (exact) mass is 408 g/mol. The third-order valence-corrected chi connectivity index (χ3v) is 4.26. The second-order valence-corrected chi connectivity index (χ2v) is 6.51. The Bertz CT molecular complexity index is 1090. The van der Waals surface area contributed by atoms with Crippen LogP contribution in [0.5, 0.6) is 11.5 Å². The standard InChI is InChI=1S/C24H20N6O/c25-23(21-5-1-3-15-27-21)29-17-7-11-19(12-8-17)31-20-13-9-18(10-14-20)30-24(26)22-6-2-4-16-28-22/h1-16H,(H2,25,29)(H2,26,30). The molecule has 0 saturated carbocycles. The number of aromatic nitrogens is 2. The molecule has 2 aromatic carbocycles. The molecule has 0 aliphatic rings. The van der Waals surface area contributed by atoms with Crippen LogP contribution in [0.2, 0.25) is 0 Å². The van der Waals surface area contributed by atoms with Gasteiger partial charge in [0.25, 0.3) is 0 Å². The maximum absolute atomic E-state index is 6.01. The van der Waals surface area contributed by atoms with Crippen molar-refractivity contribution in [1.29, 1.82) is 0 Å². The summed E-state index contributed by atoms with van der Waals surface area (Å²) in [5, 5.41) is 0. The topological polar surface area (TPSA) is 112 Å². The summed E-state index contributed by atoms with van der Waals surface area (Å²) in [4.78, 5) is 17.2.